The molecule has 1 amide bonds. The van der Waals surface area contributed by atoms with Crippen molar-refractivity contribution < 1.29 is 13.2 Å². The van der Waals surface area contributed by atoms with Crippen molar-refractivity contribution in [2.45, 2.75) is 44.0 Å². The Morgan fingerprint density at radius 3 is 2.53 bits per heavy atom. The number of aromatic nitrogens is 2. The van der Waals surface area contributed by atoms with Crippen LogP contribution in [0.3, 0.4) is 0 Å². The summed E-state index contributed by atoms with van der Waals surface area (Å²) in [6, 6.07) is 0.0972. The molecule has 1 aromatic rings. The number of nitrogens with zero attached hydrogens (tertiary/aromatic N) is 1. The SMILES string of the molecule is CC(C)c1[nH]nc(C(=O)NC2CC2C)c1S(N)(=O)=O. The molecule has 0 aliphatic heterocycles. The van der Waals surface area contributed by atoms with Gasteiger partial charge in [0.1, 0.15) is 4.90 Å². The van der Waals surface area contributed by atoms with Crippen LogP contribution in [0.15, 0.2) is 4.90 Å². The number of amides is 1. The molecule has 2 atom stereocenters. The van der Waals surface area contributed by atoms with Crippen molar-refractivity contribution in [3.8, 4) is 0 Å². The van der Waals surface area contributed by atoms with Crippen molar-refractivity contribution in [2.24, 2.45) is 11.1 Å². The van der Waals surface area contributed by atoms with Crippen LogP contribution >= 0.6 is 0 Å². The summed E-state index contributed by atoms with van der Waals surface area (Å²) in [5, 5.41) is 14.3. The zero-order chi connectivity index (χ0) is 14.4. The monoisotopic (exact) mass is 286 g/mol. The maximum Gasteiger partial charge on any atom is 0.273 e. The van der Waals surface area contributed by atoms with Crippen LogP contribution in [0.5, 0.6) is 0 Å². The summed E-state index contributed by atoms with van der Waals surface area (Å²) >= 11 is 0. The van der Waals surface area contributed by atoms with E-state index in [1.165, 1.54) is 0 Å². The van der Waals surface area contributed by atoms with Crippen LogP contribution in [0.1, 0.15) is 49.3 Å². The van der Waals surface area contributed by atoms with Gasteiger partial charge in [-0.05, 0) is 18.3 Å². The van der Waals surface area contributed by atoms with Gasteiger partial charge < -0.3 is 5.32 Å². The van der Waals surface area contributed by atoms with Gasteiger partial charge in [0.2, 0.25) is 10.0 Å². The van der Waals surface area contributed by atoms with Crippen molar-refractivity contribution in [2.75, 3.05) is 0 Å². The highest BCUT2D eigenvalue weighted by Crippen LogP contribution is 2.30. The number of carbonyl (C=O) groups is 1. The second kappa shape index (κ2) is 4.61. The molecule has 2 rings (SSSR count). The first-order valence-electron chi connectivity index (χ1n) is 6.13. The molecule has 1 aliphatic rings. The predicted molar refractivity (Wildman–Crippen MR) is 69.1 cm³/mol. The minimum Gasteiger partial charge on any atom is -0.348 e. The summed E-state index contributed by atoms with van der Waals surface area (Å²) in [6.45, 7) is 5.61. The highest BCUT2D eigenvalue weighted by Gasteiger charge is 2.36. The van der Waals surface area contributed by atoms with Crippen molar-refractivity contribution in [3.63, 3.8) is 0 Å². The summed E-state index contributed by atoms with van der Waals surface area (Å²) < 4.78 is 23.3. The maximum atomic E-state index is 12.0. The molecule has 1 aliphatic carbocycles. The van der Waals surface area contributed by atoms with E-state index in [2.05, 4.69) is 15.5 Å². The lowest BCUT2D eigenvalue weighted by Gasteiger charge is -2.06. The van der Waals surface area contributed by atoms with Gasteiger partial charge in [0.05, 0.1) is 5.69 Å². The molecule has 1 heterocycles. The summed E-state index contributed by atoms with van der Waals surface area (Å²) in [5.74, 6) is -0.200. The largest absolute Gasteiger partial charge is 0.348 e. The first kappa shape index (κ1) is 14.0. The van der Waals surface area contributed by atoms with Crippen LogP contribution in [0.4, 0.5) is 0 Å². The van der Waals surface area contributed by atoms with E-state index in [1.54, 1.807) is 13.8 Å². The Bertz CT molecular complexity index is 605. The number of nitrogens with two attached hydrogens (primary N) is 1. The molecule has 0 aromatic carbocycles. The third-order valence-electron chi connectivity index (χ3n) is 3.25. The van der Waals surface area contributed by atoms with E-state index in [0.717, 1.165) is 6.42 Å². The van der Waals surface area contributed by atoms with Gasteiger partial charge in [0.25, 0.3) is 5.91 Å². The zero-order valence-corrected chi connectivity index (χ0v) is 11.9. The minimum atomic E-state index is -3.99. The fourth-order valence-electron chi connectivity index (χ4n) is 1.94. The Balaban J connectivity index is 2.37. The molecule has 0 bridgehead atoms. The third-order valence-corrected chi connectivity index (χ3v) is 4.23. The van der Waals surface area contributed by atoms with Gasteiger partial charge in [0, 0.05) is 6.04 Å². The molecule has 1 saturated carbocycles. The van der Waals surface area contributed by atoms with Crippen LogP contribution in [0, 0.1) is 5.92 Å². The molecular weight excluding hydrogens is 268 g/mol. The van der Waals surface area contributed by atoms with Gasteiger partial charge in [-0.25, -0.2) is 13.6 Å². The Kier molecular flexibility index (Phi) is 3.40. The molecule has 1 aromatic heterocycles. The van der Waals surface area contributed by atoms with E-state index in [9.17, 15) is 13.2 Å². The molecule has 1 fully saturated rings. The van der Waals surface area contributed by atoms with E-state index >= 15 is 0 Å². The fraction of sp³-hybridized carbons (Fsp3) is 0.636. The highest BCUT2D eigenvalue weighted by atomic mass is 32.2. The molecule has 0 radical (unpaired) electrons. The molecule has 2 unspecified atom stereocenters. The number of hydrogen-bond donors (Lipinski definition) is 3. The fourth-order valence-corrected chi connectivity index (χ4v) is 2.93. The van der Waals surface area contributed by atoms with Crippen molar-refractivity contribution >= 4 is 15.9 Å². The van der Waals surface area contributed by atoms with Crippen molar-refractivity contribution in [3.05, 3.63) is 11.4 Å². The Labute approximate surface area is 112 Å². The van der Waals surface area contributed by atoms with Crippen molar-refractivity contribution in [1.29, 1.82) is 0 Å². The van der Waals surface area contributed by atoms with Crippen LogP contribution in [0.25, 0.3) is 0 Å². The molecule has 19 heavy (non-hydrogen) atoms. The molecule has 8 heteroatoms. The molecule has 106 valence electrons. The first-order chi connectivity index (χ1) is 8.71. The number of primary sulfonamides is 1. The lowest BCUT2D eigenvalue weighted by atomic mass is 10.1. The third kappa shape index (κ3) is 2.79. The summed E-state index contributed by atoms with van der Waals surface area (Å²) in [4.78, 5) is 11.8. The van der Waals surface area contributed by atoms with E-state index in [-0.39, 0.29) is 22.5 Å². The van der Waals surface area contributed by atoms with Gasteiger partial charge in [-0.15, -0.1) is 0 Å². The highest BCUT2D eigenvalue weighted by molar-refractivity contribution is 7.89. The van der Waals surface area contributed by atoms with E-state index < -0.39 is 15.9 Å². The Morgan fingerprint density at radius 1 is 1.53 bits per heavy atom. The minimum absolute atomic E-state index is 0.0972. The van der Waals surface area contributed by atoms with Crippen molar-refractivity contribution in [1.82, 2.24) is 15.5 Å². The maximum absolute atomic E-state index is 12.0. The number of rotatable bonds is 4. The average molecular weight is 286 g/mol. The summed E-state index contributed by atoms with van der Waals surface area (Å²) in [6.07, 6.45) is 0.901. The standard InChI is InChI=1S/C11H18N4O3S/c1-5(2)8-10(19(12,17)18)9(15-14-8)11(16)13-7-4-6(7)3/h5-7H,4H2,1-3H3,(H,13,16)(H,14,15)(H2,12,17,18). The van der Waals surface area contributed by atoms with E-state index in [1.807, 2.05) is 6.92 Å². The first-order valence-corrected chi connectivity index (χ1v) is 7.68. The van der Waals surface area contributed by atoms with Gasteiger partial charge in [-0.1, -0.05) is 20.8 Å². The number of aromatic amines is 1. The zero-order valence-electron chi connectivity index (χ0n) is 11.1. The van der Waals surface area contributed by atoms with Crippen LogP contribution < -0.4 is 10.5 Å². The molecule has 4 N–H and O–H groups in total. The predicted octanol–water partition coefficient (Wildman–Crippen LogP) is 0.319. The normalized spacial score (nSPS) is 22.6. The number of hydrogen-bond acceptors (Lipinski definition) is 4. The number of nitrogens with one attached hydrogen (secondary N) is 2. The molecular formula is C11H18N4O3S. The second-order valence-corrected chi connectivity index (χ2v) is 6.81. The van der Waals surface area contributed by atoms with E-state index in [0.29, 0.717) is 11.6 Å². The van der Waals surface area contributed by atoms with Crippen LogP contribution in [-0.4, -0.2) is 30.6 Å². The smallest absolute Gasteiger partial charge is 0.273 e. The lowest BCUT2D eigenvalue weighted by molar-refractivity contribution is 0.0941. The van der Waals surface area contributed by atoms with E-state index in [4.69, 9.17) is 5.14 Å². The summed E-state index contributed by atoms with van der Waals surface area (Å²) in [5.41, 5.74) is 0.210. The number of carbonyl (C=O) groups excluding carboxylic acids is 1. The average Bonchev–Trinajstić information content (AvgIpc) is 2.81. The van der Waals surface area contributed by atoms with Crippen LogP contribution in [0.2, 0.25) is 0 Å². The lowest BCUT2D eigenvalue weighted by Crippen LogP contribution is -2.29. The Hall–Kier alpha value is -1.41. The van der Waals surface area contributed by atoms with Gasteiger partial charge >= 0.3 is 0 Å². The Morgan fingerprint density at radius 2 is 2.11 bits per heavy atom. The van der Waals surface area contributed by atoms with Gasteiger partial charge in [-0.2, -0.15) is 5.10 Å². The number of H-pyrrole nitrogens is 1. The number of sulfonamides is 1. The second-order valence-electron chi connectivity index (χ2n) is 5.31. The molecule has 0 spiro atoms. The summed E-state index contributed by atoms with van der Waals surface area (Å²) in [7, 11) is -3.99. The van der Waals surface area contributed by atoms with Gasteiger partial charge in [-0.3, -0.25) is 9.89 Å². The topological polar surface area (TPSA) is 118 Å². The van der Waals surface area contributed by atoms with Gasteiger partial charge in [0.15, 0.2) is 5.69 Å². The quantitative estimate of drug-likeness (QED) is 0.738. The van der Waals surface area contributed by atoms with Crippen LogP contribution in [-0.2, 0) is 10.0 Å². The molecule has 7 nitrogen and oxygen atoms in total. The molecule has 0 saturated heterocycles.